The number of carbonyl (C=O) groups excluding carboxylic acids is 1. The molecule has 3 aromatic heterocycles. The highest BCUT2D eigenvalue weighted by atomic mass is 35.5. The van der Waals surface area contributed by atoms with Gasteiger partial charge in [-0.1, -0.05) is 35.3 Å². The molecule has 136 valence electrons. The molecule has 7 nitrogen and oxygen atoms in total. The number of methoxy groups -OCH3 is 1. The van der Waals surface area contributed by atoms with Gasteiger partial charge >= 0.3 is 5.97 Å². The average Bonchev–Trinajstić information content (AvgIpc) is 3.27. The molecule has 0 aliphatic heterocycles. The van der Waals surface area contributed by atoms with Gasteiger partial charge in [0.2, 0.25) is 5.82 Å². The lowest BCUT2D eigenvalue weighted by Gasteiger charge is -2.08. The van der Waals surface area contributed by atoms with Crippen molar-refractivity contribution in [3.8, 4) is 11.3 Å². The summed E-state index contributed by atoms with van der Waals surface area (Å²) in [5, 5.41) is 5.35. The fourth-order valence-electron chi connectivity index (χ4n) is 2.83. The number of hydrogen-bond donors (Lipinski definition) is 0. The summed E-state index contributed by atoms with van der Waals surface area (Å²) in [7, 11) is 1.30. The molecule has 9 heteroatoms. The van der Waals surface area contributed by atoms with Crippen molar-refractivity contribution in [2.45, 2.75) is 6.54 Å². The van der Waals surface area contributed by atoms with Crippen molar-refractivity contribution in [3.05, 3.63) is 70.5 Å². The molecular formula is C18H13Cl2N5O2. The van der Waals surface area contributed by atoms with E-state index in [1.165, 1.54) is 18.1 Å². The van der Waals surface area contributed by atoms with Gasteiger partial charge < -0.3 is 4.74 Å². The Hall–Kier alpha value is -2.90. The van der Waals surface area contributed by atoms with Gasteiger partial charge in [0.15, 0.2) is 0 Å². The lowest BCUT2D eigenvalue weighted by Crippen LogP contribution is -2.15. The first-order valence-electron chi connectivity index (χ1n) is 7.95. The largest absolute Gasteiger partial charge is 0.463 e. The lowest BCUT2D eigenvalue weighted by atomic mass is 10.1. The molecule has 0 saturated heterocycles. The molecule has 4 aromatic rings. The predicted molar refractivity (Wildman–Crippen MR) is 101 cm³/mol. The Labute approximate surface area is 164 Å². The maximum atomic E-state index is 11.9. The van der Waals surface area contributed by atoms with Gasteiger partial charge in [-0.25, -0.2) is 19.4 Å². The molecule has 0 N–H and O–H groups in total. The monoisotopic (exact) mass is 401 g/mol. The minimum atomic E-state index is -0.563. The van der Waals surface area contributed by atoms with E-state index in [2.05, 4.69) is 10.1 Å². The molecule has 0 spiro atoms. The zero-order valence-corrected chi connectivity index (χ0v) is 15.6. The fourth-order valence-corrected chi connectivity index (χ4v) is 3.12. The van der Waals surface area contributed by atoms with E-state index in [1.54, 1.807) is 24.4 Å². The van der Waals surface area contributed by atoms with E-state index in [1.807, 2.05) is 22.6 Å². The molecule has 27 heavy (non-hydrogen) atoms. The van der Waals surface area contributed by atoms with Crippen molar-refractivity contribution in [3.63, 3.8) is 0 Å². The standard InChI is InChI=1S/C18H13Cl2N5O2/c1-27-18(26)17-21-10-22-25(17)9-14-16(11-2-4-12(19)5-3-11)23-15-7-6-13(20)8-24(14)15/h2-8,10H,9H2,1H3. The van der Waals surface area contributed by atoms with Crippen LogP contribution >= 0.6 is 23.2 Å². The van der Waals surface area contributed by atoms with Crippen molar-refractivity contribution >= 4 is 34.8 Å². The second kappa shape index (κ2) is 7.02. The lowest BCUT2D eigenvalue weighted by molar-refractivity contribution is 0.0580. The number of hydrogen-bond acceptors (Lipinski definition) is 5. The minimum Gasteiger partial charge on any atom is -0.463 e. The van der Waals surface area contributed by atoms with E-state index in [0.717, 1.165) is 22.6 Å². The molecule has 1 aromatic carbocycles. The van der Waals surface area contributed by atoms with Crippen LogP contribution in [0.25, 0.3) is 16.9 Å². The Balaban J connectivity index is 1.89. The molecule has 0 unspecified atom stereocenters. The van der Waals surface area contributed by atoms with Gasteiger partial charge in [0.05, 0.1) is 30.1 Å². The number of pyridine rings is 1. The van der Waals surface area contributed by atoms with Gasteiger partial charge in [-0.2, -0.15) is 5.10 Å². The smallest absolute Gasteiger partial charge is 0.375 e. The number of aromatic nitrogens is 5. The highest BCUT2D eigenvalue weighted by Gasteiger charge is 2.20. The highest BCUT2D eigenvalue weighted by Crippen LogP contribution is 2.27. The number of nitrogens with zero attached hydrogens (tertiary/aromatic N) is 5. The normalized spacial score (nSPS) is 11.1. The molecule has 0 aliphatic rings. The Morgan fingerprint density at radius 1 is 1.11 bits per heavy atom. The van der Waals surface area contributed by atoms with Crippen LogP contribution in [0.5, 0.6) is 0 Å². The van der Waals surface area contributed by atoms with Crippen LogP contribution in [-0.2, 0) is 11.3 Å². The van der Waals surface area contributed by atoms with Crippen LogP contribution in [0.2, 0.25) is 10.0 Å². The summed E-state index contributed by atoms with van der Waals surface area (Å²) >= 11 is 12.2. The molecule has 4 rings (SSSR count). The van der Waals surface area contributed by atoms with Crippen molar-refractivity contribution in [1.29, 1.82) is 0 Å². The van der Waals surface area contributed by atoms with Crippen molar-refractivity contribution < 1.29 is 9.53 Å². The Bertz CT molecular complexity index is 1130. The number of benzene rings is 1. The zero-order valence-electron chi connectivity index (χ0n) is 14.1. The van der Waals surface area contributed by atoms with Crippen LogP contribution in [0.1, 0.15) is 16.3 Å². The quantitative estimate of drug-likeness (QED) is 0.487. The summed E-state index contributed by atoms with van der Waals surface area (Å²) in [6.45, 7) is 0.254. The van der Waals surface area contributed by atoms with E-state index in [4.69, 9.17) is 32.9 Å². The number of imidazole rings is 1. The van der Waals surface area contributed by atoms with Gasteiger partial charge in [-0.3, -0.25) is 4.40 Å². The summed E-state index contributed by atoms with van der Waals surface area (Å²) in [5.74, 6) is -0.455. The van der Waals surface area contributed by atoms with E-state index in [9.17, 15) is 4.79 Å². The first kappa shape index (κ1) is 17.5. The molecule has 0 radical (unpaired) electrons. The van der Waals surface area contributed by atoms with Gasteiger partial charge in [0.25, 0.3) is 0 Å². The molecule has 0 amide bonds. The van der Waals surface area contributed by atoms with Crippen molar-refractivity contribution in [2.75, 3.05) is 7.11 Å². The number of rotatable bonds is 4. The van der Waals surface area contributed by atoms with Gasteiger partial charge in [0.1, 0.15) is 12.0 Å². The third-order valence-corrected chi connectivity index (χ3v) is 4.56. The number of esters is 1. The first-order chi connectivity index (χ1) is 13.1. The van der Waals surface area contributed by atoms with Gasteiger partial charge in [0, 0.05) is 16.8 Å². The maximum Gasteiger partial charge on any atom is 0.375 e. The highest BCUT2D eigenvalue weighted by molar-refractivity contribution is 6.30. The van der Waals surface area contributed by atoms with E-state index >= 15 is 0 Å². The Morgan fingerprint density at radius 3 is 2.59 bits per heavy atom. The summed E-state index contributed by atoms with van der Waals surface area (Å²) in [6, 6.07) is 11.0. The van der Waals surface area contributed by atoms with Gasteiger partial charge in [-0.05, 0) is 24.3 Å². The van der Waals surface area contributed by atoms with Crippen LogP contribution in [0.3, 0.4) is 0 Å². The van der Waals surface area contributed by atoms with Crippen LogP contribution in [-0.4, -0.2) is 37.2 Å². The summed E-state index contributed by atoms with van der Waals surface area (Å²) in [4.78, 5) is 20.6. The molecule has 0 fully saturated rings. The molecule has 0 aliphatic carbocycles. The average molecular weight is 402 g/mol. The van der Waals surface area contributed by atoms with E-state index in [-0.39, 0.29) is 12.4 Å². The number of fused-ring (bicyclic) bond motifs is 1. The molecule has 3 heterocycles. The second-order valence-corrected chi connectivity index (χ2v) is 6.60. The van der Waals surface area contributed by atoms with E-state index in [0.29, 0.717) is 10.0 Å². The minimum absolute atomic E-state index is 0.108. The van der Waals surface area contributed by atoms with Crippen molar-refractivity contribution in [1.82, 2.24) is 24.1 Å². The number of carbonyl (C=O) groups is 1. The maximum absolute atomic E-state index is 11.9. The fraction of sp³-hybridized carbons (Fsp3) is 0.111. The van der Waals surface area contributed by atoms with Crippen LogP contribution in [0.15, 0.2) is 48.9 Å². The first-order valence-corrected chi connectivity index (χ1v) is 8.71. The third-order valence-electron chi connectivity index (χ3n) is 4.08. The van der Waals surface area contributed by atoms with E-state index < -0.39 is 5.97 Å². The topological polar surface area (TPSA) is 74.3 Å². The summed E-state index contributed by atoms with van der Waals surface area (Å²) in [6.07, 6.45) is 3.08. The van der Waals surface area contributed by atoms with Crippen LogP contribution < -0.4 is 0 Å². The molecule has 0 bridgehead atoms. The summed E-state index contributed by atoms with van der Waals surface area (Å²) < 4.78 is 8.11. The van der Waals surface area contributed by atoms with Crippen LogP contribution in [0, 0.1) is 0 Å². The predicted octanol–water partition coefficient (Wildman–Crippen LogP) is 3.73. The van der Waals surface area contributed by atoms with Crippen molar-refractivity contribution in [2.24, 2.45) is 0 Å². The third kappa shape index (κ3) is 3.27. The molecule has 0 saturated carbocycles. The van der Waals surface area contributed by atoms with Crippen LogP contribution in [0.4, 0.5) is 0 Å². The number of halogens is 2. The second-order valence-electron chi connectivity index (χ2n) is 5.72. The Kier molecular flexibility index (Phi) is 4.55. The number of ether oxygens (including phenoxy) is 1. The molecule has 0 atom stereocenters. The van der Waals surface area contributed by atoms with Gasteiger partial charge in [-0.15, -0.1) is 0 Å². The SMILES string of the molecule is COC(=O)c1ncnn1Cc1c(-c2ccc(Cl)cc2)nc2ccc(Cl)cn12. The molecular weight excluding hydrogens is 389 g/mol. The zero-order chi connectivity index (χ0) is 19.0. The Morgan fingerprint density at radius 2 is 1.85 bits per heavy atom. The summed E-state index contributed by atoms with van der Waals surface area (Å²) in [5.41, 5.74) is 3.14.